The van der Waals surface area contributed by atoms with E-state index in [0.29, 0.717) is 0 Å². The normalized spacial score (nSPS) is 10.9. The number of benzene rings is 1. The van der Waals surface area contributed by atoms with Gasteiger partial charge in [-0.15, -0.1) is 0 Å². The van der Waals surface area contributed by atoms with Crippen LogP contribution >= 0.6 is 0 Å². The average molecular weight is 286 g/mol. The Morgan fingerprint density at radius 1 is 0.818 bits per heavy atom. The number of rotatable bonds is 3. The Morgan fingerprint density at radius 2 is 1.64 bits per heavy atom. The maximum absolute atomic E-state index is 4.75. The molecule has 0 radical (unpaired) electrons. The maximum atomic E-state index is 4.75. The topological polar surface area (TPSA) is 43.6 Å². The van der Waals surface area contributed by atoms with Gasteiger partial charge in [-0.3, -0.25) is 4.98 Å². The standard InChI is InChI=1S/C18H14N4/c1-2-5-14(6-3-1)13-22-17(15-8-11-19-12-9-15)21-16-7-4-10-20-18(16)22/h1-12H,13H2. The fourth-order valence-corrected chi connectivity index (χ4v) is 2.60. The van der Waals surface area contributed by atoms with Crippen LogP contribution in [0.15, 0.2) is 73.2 Å². The second-order valence-corrected chi connectivity index (χ2v) is 5.09. The van der Waals surface area contributed by atoms with Crippen molar-refractivity contribution >= 4 is 11.2 Å². The van der Waals surface area contributed by atoms with Crippen molar-refractivity contribution in [3.05, 3.63) is 78.8 Å². The smallest absolute Gasteiger partial charge is 0.160 e. The molecule has 4 nitrogen and oxygen atoms in total. The van der Waals surface area contributed by atoms with Crippen LogP contribution in [0, 0.1) is 0 Å². The van der Waals surface area contributed by atoms with E-state index in [0.717, 1.165) is 29.1 Å². The Labute approximate surface area is 128 Å². The highest BCUT2D eigenvalue weighted by molar-refractivity contribution is 5.77. The first-order chi connectivity index (χ1) is 10.9. The predicted molar refractivity (Wildman–Crippen MR) is 86.3 cm³/mol. The van der Waals surface area contributed by atoms with Crippen LogP contribution in [-0.2, 0) is 6.54 Å². The van der Waals surface area contributed by atoms with Gasteiger partial charge in [0, 0.05) is 24.2 Å². The van der Waals surface area contributed by atoms with Crippen LogP contribution in [0.4, 0.5) is 0 Å². The Morgan fingerprint density at radius 3 is 2.45 bits per heavy atom. The van der Waals surface area contributed by atoms with Crippen molar-refractivity contribution in [2.45, 2.75) is 6.54 Å². The Bertz CT molecular complexity index is 898. The van der Waals surface area contributed by atoms with Crippen molar-refractivity contribution in [2.24, 2.45) is 0 Å². The van der Waals surface area contributed by atoms with Crippen molar-refractivity contribution in [1.82, 2.24) is 19.5 Å². The van der Waals surface area contributed by atoms with E-state index in [1.54, 1.807) is 12.4 Å². The van der Waals surface area contributed by atoms with Crippen molar-refractivity contribution < 1.29 is 0 Å². The van der Waals surface area contributed by atoms with Crippen molar-refractivity contribution in [3.8, 4) is 11.4 Å². The van der Waals surface area contributed by atoms with Gasteiger partial charge in [-0.2, -0.15) is 0 Å². The van der Waals surface area contributed by atoms with E-state index in [1.807, 2.05) is 48.7 Å². The summed E-state index contributed by atoms with van der Waals surface area (Å²) in [6.45, 7) is 0.742. The average Bonchev–Trinajstić information content (AvgIpc) is 2.95. The first-order valence-electron chi connectivity index (χ1n) is 7.17. The van der Waals surface area contributed by atoms with Gasteiger partial charge in [0.15, 0.2) is 5.65 Å². The molecule has 0 fully saturated rings. The Balaban J connectivity index is 1.91. The lowest BCUT2D eigenvalue weighted by Gasteiger charge is -2.08. The minimum absolute atomic E-state index is 0.742. The highest BCUT2D eigenvalue weighted by Crippen LogP contribution is 2.24. The zero-order valence-electron chi connectivity index (χ0n) is 11.9. The molecule has 0 atom stereocenters. The van der Waals surface area contributed by atoms with Crippen LogP contribution in [0.3, 0.4) is 0 Å². The lowest BCUT2D eigenvalue weighted by atomic mass is 10.2. The molecule has 3 aromatic heterocycles. The number of hydrogen-bond donors (Lipinski definition) is 0. The molecular weight excluding hydrogens is 272 g/mol. The van der Waals surface area contributed by atoms with Gasteiger partial charge < -0.3 is 4.57 Å². The molecule has 4 aromatic rings. The highest BCUT2D eigenvalue weighted by atomic mass is 15.1. The molecule has 0 spiro atoms. The summed E-state index contributed by atoms with van der Waals surface area (Å²) in [6, 6.07) is 18.2. The minimum atomic E-state index is 0.742. The number of fused-ring (bicyclic) bond motifs is 1. The Kier molecular flexibility index (Phi) is 3.12. The summed E-state index contributed by atoms with van der Waals surface area (Å²) in [5, 5.41) is 0. The van der Waals surface area contributed by atoms with Crippen LogP contribution in [0.5, 0.6) is 0 Å². The van der Waals surface area contributed by atoms with Crippen LogP contribution < -0.4 is 0 Å². The van der Waals surface area contributed by atoms with E-state index in [4.69, 9.17) is 4.98 Å². The summed E-state index contributed by atoms with van der Waals surface area (Å²) in [5.74, 6) is 0.917. The van der Waals surface area contributed by atoms with Gasteiger partial charge in [0.2, 0.25) is 0 Å². The molecule has 0 aliphatic rings. The summed E-state index contributed by atoms with van der Waals surface area (Å²) in [4.78, 5) is 13.3. The van der Waals surface area contributed by atoms with E-state index in [2.05, 4.69) is 26.7 Å². The van der Waals surface area contributed by atoms with Gasteiger partial charge in [-0.25, -0.2) is 9.97 Å². The lowest BCUT2D eigenvalue weighted by molar-refractivity contribution is 0.823. The van der Waals surface area contributed by atoms with Gasteiger partial charge in [0.05, 0.1) is 6.54 Å². The molecule has 1 aromatic carbocycles. The Hall–Kier alpha value is -3.01. The predicted octanol–water partition coefficient (Wildman–Crippen LogP) is 3.54. The van der Waals surface area contributed by atoms with E-state index in [1.165, 1.54) is 5.56 Å². The molecule has 4 heteroatoms. The molecule has 0 bridgehead atoms. The molecule has 0 saturated carbocycles. The molecule has 106 valence electrons. The lowest BCUT2D eigenvalue weighted by Crippen LogP contribution is -2.03. The SMILES string of the molecule is c1ccc(Cn2c(-c3ccncc3)nc3cccnc32)cc1. The summed E-state index contributed by atoms with van der Waals surface area (Å²) in [7, 11) is 0. The van der Waals surface area contributed by atoms with Crippen molar-refractivity contribution in [3.63, 3.8) is 0 Å². The largest absolute Gasteiger partial charge is 0.304 e. The third kappa shape index (κ3) is 2.24. The molecule has 0 amide bonds. The molecule has 4 rings (SSSR count). The highest BCUT2D eigenvalue weighted by Gasteiger charge is 2.13. The zero-order chi connectivity index (χ0) is 14.8. The number of hydrogen-bond acceptors (Lipinski definition) is 3. The van der Waals surface area contributed by atoms with Crippen LogP contribution in [0.2, 0.25) is 0 Å². The van der Waals surface area contributed by atoms with Crippen molar-refractivity contribution in [1.29, 1.82) is 0 Å². The summed E-state index contributed by atoms with van der Waals surface area (Å²) in [6.07, 6.45) is 5.38. The van der Waals surface area contributed by atoms with E-state index >= 15 is 0 Å². The molecule has 0 unspecified atom stereocenters. The quantitative estimate of drug-likeness (QED) is 0.578. The summed E-state index contributed by atoms with van der Waals surface area (Å²) < 4.78 is 2.15. The van der Waals surface area contributed by atoms with Crippen molar-refractivity contribution in [2.75, 3.05) is 0 Å². The van der Waals surface area contributed by atoms with E-state index < -0.39 is 0 Å². The van der Waals surface area contributed by atoms with E-state index in [9.17, 15) is 0 Å². The fraction of sp³-hybridized carbons (Fsp3) is 0.0556. The second kappa shape index (κ2) is 5.41. The molecule has 22 heavy (non-hydrogen) atoms. The molecule has 0 saturated heterocycles. The molecule has 0 aliphatic carbocycles. The molecule has 0 aliphatic heterocycles. The van der Waals surface area contributed by atoms with Crippen LogP contribution in [-0.4, -0.2) is 19.5 Å². The van der Waals surface area contributed by atoms with Gasteiger partial charge >= 0.3 is 0 Å². The maximum Gasteiger partial charge on any atom is 0.160 e. The summed E-state index contributed by atoms with van der Waals surface area (Å²) in [5.41, 5.74) is 4.08. The second-order valence-electron chi connectivity index (χ2n) is 5.09. The van der Waals surface area contributed by atoms with E-state index in [-0.39, 0.29) is 0 Å². The third-order valence-corrected chi connectivity index (χ3v) is 3.63. The monoisotopic (exact) mass is 286 g/mol. The van der Waals surface area contributed by atoms with Gasteiger partial charge in [-0.05, 0) is 29.8 Å². The molecular formula is C18H14N4. The number of aromatic nitrogens is 4. The number of imidazole rings is 1. The fourth-order valence-electron chi connectivity index (χ4n) is 2.60. The number of nitrogens with zero attached hydrogens (tertiary/aromatic N) is 4. The minimum Gasteiger partial charge on any atom is -0.304 e. The first kappa shape index (κ1) is 12.7. The van der Waals surface area contributed by atoms with Gasteiger partial charge in [-0.1, -0.05) is 30.3 Å². The van der Waals surface area contributed by atoms with Crippen LogP contribution in [0.1, 0.15) is 5.56 Å². The molecule has 3 heterocycles. The zero-order valence-corrected chi connectivity index (χ0v) is 11.9. The summed E-state index contributed by atoms with van der Waals surface area (Å²) >= 11 is 0. The first-order valence-corrected chi connectivity index (χ1v) is 7.17. The third-order valence-electron chi connectivity index (χ3n) is 3.63. The molecule has 0 N–H and O–H groups in total. The van der Waals surface area contributed by atoms with Crippen LogP contribution in [0.25, 0.3) is 22.6 Å². The number of pyridine rings is 2. The van der Waals surface area contributed by atoms with Gasteiger partial charge in [0.1, 0.15) is 11.3 Å². The van der Waals surface area contributed by atoms with Gasteiger partial charge in [0.25, 0.3) is 0 Å².